The van der Waals surface area contributed by atoms with E-state index in [2.05, 4.69) is 24.1 Å². The molecule has 6 heteroatoms. The Balaban J connectivity index is 0.00000200. The third kappa shape index (κ3) is 5.27. The van der Waals surface area contributed by atoms with Crippen LogP contribution in [0.3, 0.4) is 0 Å². The maximum Gasteiger partial charge on any atom is 0.225 e. The number of nitrogens with one attached hydrogen (secondary N) is 1. The fourth-order valence-corrected chi connectivity index (χ4v) is 3.21. The maximum atomic E-state index is 12.5. The Morgan fingerprint density at radius 3 is 2.29 bits per heavy atom. The fraction of sp³-hybridized carbons (Fsp3) is 0.933. The van der Waals surface area contributed by atoms with Crippen molar-refractivity contribution in [2.75, 3.05) is 39.8 Å². The van der Waals surface area contributed by atoms with Gasteiger partial charge < -0.3 is 15.1 Å². The highest BCUT2D eigenvalue weighted by molar-refractivity contribution is 5.85. The molecule has 4 nitrogen and oxygen atoms in total. The smallest absolute Gasteiger partial charge is 0.225 e. The number of hydrogen-bond donors (Lipinski definition) is 1. The number of nitrogens with zero attached hydrogens (tertiary/aromatic N) is 2. The van der Waals surface area contributed by atoms with Crippen LogP contribution >= 0.6 is 24.8 Å². The lowest BCUT2D eigenvalue weighted by atomic mass is 9.87. The third-order valence-electron chi connectivity index (χ3n) is 4.90. The molecule has 2 aliphatic heterocycles. The van der Waals surface area contributed by atoms with Crippen molar-refractivity contribution in [2.45, 2.75) is 39.2 Å². The second-order valence-electron chi connectivity index (χ2n) is 6.23. The molecule has 0 aromatic heterocycles. The highest BCUT2D eigenvalue weighted by Crippen LogP contribution is 2.22. The number of carbonyl (C=O) groups excluding carboxylic acids is 1. The molecule has 0 aliphatic carbocycles. The summed E-state index contributed by atoms with van der Waals surface area (Å²) in [7, 11) is 2.01. The van der Waals surface area contributed by atoms with Gasteiger partial charge in [0.25, 0.3) is 0 Å². The summed E-state index contributed by atoms with van der Waals surface area (Å²) < 4.78 is 0. The van der Waals surface area contributed by atoms with E-state index in [-0.39, 0.29) is 30.7 Å². The first-order chi connectivity index (χ1) is 9.13. The van der Waals surface area contributed by atoms with Crippen molar-refractivity contribution >= 4 is 30.7 Å². The molecule has 0 spiro atoms. The van der Waals surface area contributed by atoms with Crippen LogP contribution in [0.25, 0.3) is 0 Å². The molecule has 0 saturated carbocycles. The first kappa shape index (κ1) is 21.0. The van der Waals surface area contributed by atoms with Crippen LogP contribution in [0.1, 0.15) is 33.1 Å². The summed E-state index contributed by atoms with van der Waals surface area (Å²) in [6, 6.07) is 0.455. The Hall–Kier alpha value is -0.0300. The van der Waals surface area contributed by atoms with E-state index in [1.165, 1.54) is 13.0 Å². The van der Waals surface area contributed by atoms with E-state index in [4.69, 9.17) is 0 Å². The molecule has 2 rings (SSSR count). The Kier molecular flexibility index (Phi) is 9.87. The second kappa shape index (κ2) is 9.88. The van der Waals surface area contributed by atoms with Gasteiger partial charge in [0.1, 0.15) is 0 Å². The lowest BCUT2D eigenvalue weighted by Crippen LogP contribution is -2.52. The van der Waals surface area contributed by atoms with Gasteiger partial charge in [0, 0.05) is 32.1 Å². The van der Waals surface area contributed by atoms with Crippen molar-refractivity contribution in [1.82, 2.24) is 15.1 Å². The molecule has 1 amide bonds. The van der Waals surface area contributed by atoms with E-state index in [0.717, 1.165) is 39.0 Å². The number of hydrogen-bond acceptors (Lipinski definition) is 3. The maximum absolute atomic E-state index is 12.5. The van der Waals surface area contributed by atoms with Crippen LogP contribution in [0.5, 0.6) is 0 Å². The molecule has 21 heavy (non-hydrogen) atoms. The molecule has 2 saturated heterocycles. The Morgan fingerprint density at radius 2 is 1.86 bits per heavy atom. The highest BCUT2D eigenvalue weighted by Gasteiger charge is 2.33. The molecule has 126 valence electrons. The molecule has 1 unspecified atom stereocenters. The minimum absolute atomic E-state index is 0. The number of piperidine rings is 1. The number of amides is 1. The topological polar surface area (TPSA) is 35.6 Å². The average Bonchev–Trinajstić information content (AvgIpc) is 2.36. The van der Waals surface area contributed by atoms with E-state index >= 15 is 0 Å². The van der Waals surface area contributed by atoms with Crippen molar-refractivity contribution in [1.29, 1.82) is 0 Å². The molecular weight excluding hydrogens is 309 g/mol. The minimum Gasteiger partial charge on any atom is -0.342 e. The van der Waals surface area contributed by atoms with Gasteiger partial charge in [-0.15, -0.1) is 24.8 Å². The van der Waals surface area contributed by atoms with E-state index in [9.17, 15) is 4.79 Å². The van der Waals surface area contributed by atoms with Crippen LogP contribution in [-0.4, -0.2) is 61.5 Å². The summed E-state index contributed by atoms with van der Waals surface area (Å²) in [6.07, 6.45) is 3.50. The normalized spacial score (nSPS) is 21.7. The largest absolute Gasteiger partial charge is 0.342 e. The molecule has 2 fully saturated rings. The Labute approximate surface area is 141 Å². The monoisotopic (exact) mass is 339 g/mol. The standard InChI is InChI=1S/C15H29N3O.2ClH/c1-4-7-18-8-5-14(6-9-18)17(3)15(19)12(2)13-10-16-11-13;;/h12-14,16H,4-11H2,1-3H3;2*1H. The average molecular weight is 340 g/mol. The van der Waals surface area contributed by atoms with E-state index in [1.807, 2.05) is 11.9 Å². The summed E-state index contributed by atoms with van der Waals surface area (Å²) >= 11 is 0. The summed E-state index contributed by atoms with van der Waals surface area (Å²) in [5.41, 5.74) is 0. The van der Waals surface area contributed by atoms with Crippen LogP contribution in [0.4, 0.5) is 0 Å². The van der Waals surface area contributed by atoms with Gasteiger partial charge in [-0.25, -0.2) is 0 Å². The zero-order chi connectivity index (χ0) is 13.8. The molecule has 0 radical (unpaired) electrons. The fourth-order valence-electron chi connectivity index (χ4n) is 3.21. The van der Waals surface area contributed by atoms with Gasteiger partial charge in [-0.05, 0) is 44.8 Å². The lowest BCUT2D eigenvalue weighted by Gasteiger charge is -2.40. The number of rotatable bonds is 5. The van der Waals surface area contributed by atoms with Gasteiger partial charge in [-0.1, -0.05) is 13.8 Å². The van der Waals surface area contributed by atoms with Crippen molar-refractivity contribution in [3.63, 3.8) is 0 Å². The molecular formula is C15H31Cl2N3O. The van der Waals surface area contributed by atoms with Crippen molar-refractivity contribution < 1.29 is 4.79 Å². The van der Waals surface area contributed by atoms with Crippen LogP contribution in [0.15, 0.2) is 0 Å². The van der Waals surface area contributed by atoms with Gasteiger partial charge in [-0.2, -0.15) is 0 Å². The second-order valence-corrected chi connectivity index (χ2v) is 6.23. The minimum atomic E-state index is 0. The molecule has 0 aromatic carbocycles. The van der Waals surface area contributed by atoms with Gasteiger partial charge in [0.05, 0.1) is 0 Å². The Morgan fingerprint density at radius 1 is 1.29 bits per heavy atom. The third-order valence-corrected chi connectivity index (χ3v) is 4.90. The van der Waals surface area contributed by atoms with Gasteiger partial charge in [-0.3, -0.25) is 4.79 Å². The van der Waals surface area contributed by atoms with Crippen LogP contribution in [0, 0.1) is 11.8 Å². The predicted molar refractivity (Wildman–Crippen MR) is 92.5 cm³/mol. The molecule has 1 N–H and O–H groups in total. The number of halogens is 2. The molecule has 0 aromatic rings. The SMILES string of the molecule is CCCN1CCC(N(C)C(=O)C(C)C2CNC2)CC1.Cl.Cl. The van der Waals surface area contributed by atoms with Crippen molar-refractivity contribution in [2.24, 2.45) is 11.8 Å². The van der Waals surface area contributed by atoms with Gasteiger partial charge >= 0.3 is 0 Å². The van der Waals surface area contributed by atoms with Crippen LogP contribution in [-0.2, 0) is 4.79 Å². The highest BCUT2D eigenvalue weighted by atomic mass is 35.5. The van der Waals surface area contributed by atoms with Gasteiger partial charge in [0.2, 0.25) is 5.91 Å². The van der Waals surface area contributed by atoms with E-state index in [0.29, 0.717) is 17.9 Å². The number of carbonyl (C=O) groups is 1. The summed E-state index contributed by atoms with van der Waals surface area (Å²) in [5.74, 6) is 1.08. The van der Waals surface area contributed by atoms with Crippen molar-refractivity contribution in [3.8, 4) is 0 Å². The zero-order valence-corrected chi connectivity index (χ0v) is 15.1. The molecule has 1 atom stereocenters. The van der Waals surface area contributed by atoms with E-state index in [1.54, 1.807) is 0 Å². The molecule has 2 heterocycles. The van der Waals surface area contributed by atoms with Crippen LogP contribution in [0.2, 0.25) is 0 Å². The summed E-state index contributed by atoms with van der Waals surface area (Å²) in [5, 5.41) is 3.26. The summed E-state index contributed by atoms with van der Waals surface area (Å²) in [4.78, 5) is 17.0. The van der Waals surface area contributed by atoms with Crippen LogP contribution < -0.4 is 5.32 Å². The summed E-state index contributed by atoms with van der Waals surface area (Å²) in [6.45, 7) is 9.84. The molecule has 0 bridgehead atoms. The first-order valence-electron chi connectivity index (χ1n) is 7.83. The molecule has 2 aliphatic rings. The lowest BCUT2D eigenvalue weighted by molar-refractivity contribution is -0.139. The number of likely N-dealkylation sites (tertiary alicyclic amines) is 1. The van der Waals surface area contributed by atoms with Gasteiger partial charge in [0.15, 0.2) is 0 Å². The Bertz CT molecular complexity index is 305. The van der Waals surface area contributed by atoms with Crippen molar-refractivity contribution in [3.05, 3.63) is 0 Å². The first-order valence-corrected chi connectivity index (χ1v) is 7.83. The predicted octanol–water partition coefficient (Wildman–Crippen LogP) is 2.02. The quantitative estimate of drug-likeness (QED) is 0.832. The van der Waals surface area contributed by atoms with E-state index < -0.39 is 0 Å². The zero-order valence-electron chi connectivity index (χ0n) is 13.5.